The molecular weight excluding hydrogens is 244 g/mol. The van der Waals surface area contributed by atoms with E-state index in [0.717, 1.165) is 5.69 Å². The van der Waals surface area contributed by atoms with Gasteiger partial charge in [-0.1, -0.05) is 23.7 Å². The Balaban J connectivity index is 2.00. The van der Waals surface area contributed by atoms with Crippen LogP contribution < -0.4 is 5.32 Å². The van der Waals surface area contributed by atoms with Crippen LogP contribution in [0.5, 0.6) is 0 Å². The molecule has 0 saturated carbocycles. The van der Waals surface area contributed by atoms with Gasteiger partial charge in [-0.15, -0.1) is 11.3 Å². The van der Waals surface area contributed by atoms with Crippen molar-refractivity contribution in [3.63, 3.8) is 0 Å². The Morgan fingerprint density at radius 2 is 2.25 bits per heavy atom. The molecule has 0 fully saturated rings. The third-order valence-corrected chi connectivity index (χ3v) is 2.94. The zero-order chi connectivity index (χ0) is 11.4. The van der Waals surface area contributed by atoms with Crippen LogP contribution >= 0.6 is 22.9 Å². The van der Waals surface area contributed by atoms with Gasteiger partial charge in [-0.25, -0.2) is 4.98 Å². The number of hydrogen-bond donors (Lipinski definition) is 1. The molecule has 0 radical (unpaired) electrons. The van der Waals surface area contributed by atoms with Crippen LogP contribution in [0.1, 0.15) is 5.69 Å². The molecule has 0 spiro atoms. The number of nitrogens with one attached hydrogen (secondary N) is 1. The van der Waals surface area contributed by atoms with E-state index in [2.05, 4.69) is 10.3 Å². The van der Waals surface area contributed by atoms with Crippen LogP contribution in [0.2, 0.25) is 5.02 Å². The number of carbonyl (C=O) groups is 1. The number of hydrogen-bond acceptors (Lipinski definition) is 3. The van der Waals surface area contributed by atoms with Gasteiger partial charge < -0.3 is 5.32 Å². The second kappa shape index (κ2) is 5.09. The zero-order valence-corrected chi connectivity index (χ0v) is 9.89. The first-order chi connectivity index (χ1) is 7.75. The molecular formula is C11H9ClN2OS. The number of thiazole rings is 1. The summed E-state index contributed by atoms with van der Waals surface area (Å²) in [7, 11) is 0. The SMILES string of the molecule is O=C(Cc1cscn1)Nc1ccccc1Cl. The van der Waals surface area contributed by atoms with E-state index in [1.165, 1.54) is 11.3 Å². The van der Waals surface area contributed by atoms with Crippen molar-refractivity contribution >= 4 is 34.5 Å². The highest BCUT2D eigenvalue weighted by molar-refractivity contribution is 7.07. The molecule has 0 atom stereocenters. The van der Waals surface area contributed by atoms with Crippen LogP contribution in [0.25, 0.3) is 0 Å². The molecule has 0 aliphatic heterocycles. The molecule has 1 amide bonds. The minimum absolute atomic E-state index is 0.112. The average molecular weight is 253 g/mol. The van der Waals surface area contributed by atoms with Crippen LogP contribution in [0.4, 0.5) is 5.69 Å². The fourth-order valence-corrected chi connectivity index (χ4v) is 1.99. The van der Waals surface area contributed by atoms with Crippen molar-refractivity contribution in [2.75, 3.05) is 5.32 Å². The maximum Gasteiger partial charge on any atom is 0.230 e. The van der Waals surface area contributed by atoms with Crippen molar-refractivity contribution in [3.8, 4) is 0 Å². The fraction of sp³-hybridized carbons (Fsp3) is 0.0909. The standard InChI is InChI=1S/C11H9ClN2OS/c12-9-3-1-2-4-10(9)14-11(15)5-8-6-16-7-13-8/h1-4,6-7H,5H2,(H,14,15). The van der Waals surface area contributed by atoms with Crippen molar-refractivity contribution in [3.05, 3.63) is 45.9 Å². The average Bonchev–Trinajstić information content (AvgIpc) is 2.74. The monoisotopic (exact) mass is 252 g/mol. The van der Waals surface area contributed by atoms with Gasteiger partial charge in [-0.3, -0.25) is 4.79 Å². The summed E-state index contributed by atoms with van der Waals surface area (Å²) < 4.78 is 0. The molecule has 3 nitrogen and oxygen atoms in total. The summed E-state index contributed by atoms with van der Waals surface area (Å²) in [5.41, 5.74) is 3.11. The van der Waals surface area contributed by atoms with E-state index in [1.807, 2.05) is 17.5 Å². The highest BCUT2D eigenvalue weighted by Crippen LogP contribution is 2.20. The minimum atomic E-state index is -0.112. The van der Waals surface area contributed by atoms with Gasteiger partial charge in [0, 0.05) is 5.38 Å². The number of aromatic nitrogens is 1. The van der Waals surface area contributed by atoms with Crippen molar-refractivity contribution < 1.29 is 4.79 Å². The van der Waals surface area contributed by atoms with Crippen molar-refractivity contribution in [1.29, 1.82) is 0 Å². The van der Waals surface area contributed by atoms with Gasteiger partial charge in [0.1, 0.15) is 0 Å². The minimum Gasteiger partial charge on any atom is -0.324 e. The number of nitrogens with zero attached hydrogens (tertiary/aromatic N) is 1. The van der Waals surface area contributed by atoms with Crippen LogP contribution in [-0.4, -0.2) is 10.9 Å². The molecule has 5 heteroatoms. The topological polar surface area (TPSA) is 42.0 Å². The second-order valence-electron chi connectivity index (χ2n) is 3.18. The Kier molecular flexibility index (Phi) is 3.54. The highest BCUT2D eigenvalue weighted by atomic mass is 35.5. The second-order valence-corrected chi connectivity index (χ2v) is 4.31. The first-order valence-corrected chi connectivity index (χ1v) is 5.99. The molecule has 0 saturated heterocycles. The summed E-state index contributed by atoms with van der Waals surface area (Å²) in [4.78, 5) is 15.7. The Morgan fingerprint density at radius 1 is 1.44 bits per heavy atom. The summed E-state index contributed by atoms with van der Waals surface area (Å²) in [5, 5.41) is 5.13. The van der Waals surface area contributed by atoms with E-state index in [0.29, 0.717) is 10.7 Å². The molecule has 2 aromatic rings. The number of anilines is 1. The van der Waals surface area contributed by atoms with Gasteiger partial charge in [0.05, 0.1) is 28.3 Å². The summed E-state index contributed by atoms with van der Waals surface area (Å²) in [6, 6.07) is 7.14. The van der Waals surface area contributed by atoms with Crippen LogP contribution in [-0.2, 0) is 11.2 Å². The zero-order valence-electron chi connectivity index (χ0n) is 8.31. The maximum absolute atomic E-state index is 11.6. The van der Waals surface area contributed by atoms with E-state index in [1.54, 1.807) is 17.6 Å². The van der Waals surface area contributed by atoms with E-state index in [4.69, 9.17) is 11.6 Å². The Labute approximate surface area is 102 Å². The Bertz CT molecular complexity index is 484. The molecule has 0 aliphatic carbocycles. The molecule has 16 heavy (non-hydrogen) atoms. The molecule has 1 aromatic carbocycles. The smallest absolute Gasteiger partial charge is 0.230 e. The van der Waals surface area contributed by atoms with Crippen molar-refractivity contribution in [2.45, 2.75) is 6.42 Å². The molecule has 82 valence electrons. The fourth-order valence-electron chi connectivity index (χ4n) is 1.25. The molecule has 1 N–H and O–H groups in total. The summed E-state index contributed by atoms with van der Waals surface area (Å²) in [6.07, 6.45) is 0.273. The van der Waals surface area contributed by atoms with Gasteiger partial charge in [0.25, 0.3) is 0 Å². The molecule has 2 rings (SSSR count). The largest absolute Gasteiger partial charge is 0.324 e. The number of halogens is 1. The predicted molar refractivity (Wildman–Crippen MR) is 65.9 cm³/mol. The lowest BCUT2D eigenvalue weighted by Gasteiger charge is -2.05. The lowest BCUT2D eigenvalue weighted by atomic mass is 10.3. The van der Waals surface area contributed by atoms with Crippen molar-refractivity contribution in [2.24, 2.45) is 0 Å². The van der Waals surface area contributed by atoms with Gasteiger partial charge in [0.2, 0.25) is 5.91 Å². The highest BCUT2D eigenvalue weighted by Gasteiger charge is 2.07. The Morgan fingerprint density at radius 3 is 2.94 bits per heavy atom. The lowest BCUT2D eigenvalue weighted by molar-refractivity contribution is -0.115. The number of para-hydroxylation sites is 1. The lowest BCUT2D eigenvalue weighted by Crippen LogP contribution is -2.14. The van der Waals surface area contributed by atoms with Gasteiger partial charge in [0.15, 0.2) is 0 Å². The quantitative estimate of drug-likeness (QED) is 0.913. The number of rotatable bonds is 3. The summed E-state index contributed by atoms with van der Waals surface area (Å²) in [6.45, 7) is 0. The Hall–Kier alpha value is -1.39. The van der Waals surface area contributed by atoms with E-state index < -0.39 is 0 Å². The summed E-state index contributed by atoms with van der Waals surface area (Å²) in [5.74, 6) is -0.112. The third kappa shape index (κ3) is 2.81. The molecule has 1 aromatic heterocycles. The predicted octanol–water partition coefficient (Wildman–Crippen LogP) is 2.98. The van der Waals surface area contributed by atoms with Gasteiger partial charge >= 0.3 is 0 Å². The first kappa shape index (κ1) is 11.1. The van der Waals surface area contributed by atoms with Crippen LogP contribution in [0.3, 0.4) is 0 Å². The van der Waals surface area contributed by atoms with E-state index in [9.17, 15) is 4.79 Å². The van der Waals surface area contributed by atoms with E-state index in [-0.39, 0.29) is 12.3 Å². The van der Waals surface area contributed by atoms with Gasteiger partial charge in [-0.05, 0) is 12.1 Å². The number of carbonyl (C=O) groups excluding carboxylic acids is 1. The van der Waals surface area contributed by atoms with Crippen LogP contribution in [0, 0.1) is 0 Å². The number of amides is 1. The summed E-state index contributed by atoms with van der Waals surface area (Å²) >= 11 is 7.40. The molecule has 0 aliphatic rings. The molecule has 0 bridgehead atoms. The molecule has 0 unspecified atom stereocenters. The van der Waals surface area contributed by atoms with E-state index >= 15 is 0 Å². The third-order valence-electron chi connectivity index (χ3n) is 1.97. The van der Waals surface area contributed by atoms with Crippen LogP contribution in [0.15, 0.2) is 35.2 Å². The molecule has 1 heterocycles. The number of benzene rings is 1. The van der Waals surface area contributed by atoms with Gasteiger partial charge in [-0.2, -0.15) is 0 Å². The first-order valence-electron chi connectivity index (χ1n) is 4.67. The maximum atomic E-state index is 11.6. The van der Waals surface area contributed by atoms with Crippen molar-refractivity contribution in [1.82, 2.24) is 4.98 Å². The normalized spacial score (nSPS) is 10.1.